The quantitative estimate of drug-likeness (QED) is 0.735. The summed E-state index contributed by atoms with van der Waals surface area (Å²) in [4.78, 5) is 14.5. The van der Waals surface area contributed by atoms with Crippen molar-refractivity contribution in [3.63, 3.8) is 0 Å². The average Bonchev–Trinajstić information content (AvgIpc) is 3.18. The molecule has 0 N–H and O–H groups in total. The Morgan fingerprint density at radius 1 is 1.33 bits per heavy atom. The molecule has 3 heterocycles. The number of benzene rings is 1. The third kappa shape index (κ3) is 2.42. The fourth-order valence-electron chi connectivity index (χ4n) is 3.12. The van der Waals surface area contributed by atoms with Gasteiger partial charge in [0.1, 0.15) is 17.2 Å². The second kappa shape index (κ2) is 5.67. The van der Waals surface area contributed by atoms with Crippen LogP contribution in [0.25, 0.3) is 11.0 Å². The monoisotopic (exact) mass is 326 g/mol. The highest BCUT2D eigenvalue weighted by molar-refractivity contribution is 5.88. The predicted octanol–water partition coefficient (Wildman–Crippen LogP) is 1.93. The zero-order valence-electron chi connectivity index (χ0n) is 13.7. The van der Waals surface area contributed by atoms with E-state index in [1.165, 1.54) is 0 Å². The van der Waals surface area contributed by atoms with E-state index in [0.29, 0.717) is 19.5 Å². The maximum atomic E-state index is 12.7. The Hall–Kier alpha value is -2.83. The number of nitrogens with zero attached hydrogens (tertiary/aromatic N) is 4. The van der Waals surface area contributed by atoms with Crippen molar-refractivity contribution in [2.24, 2.45) is 0 Å². The first-order chi connectivity index (χ1) is 11.7. The third-order valence-electron chi connectivity index (χ3n) is 4.50. The maximum Gasteiger partial charge on any atom is 0.227 e. The van der Waals surface area contributed by atoms with Gasteiger partial charge in [-0.15, -0.1) is 10.2 Å². The summed E-state index contributed by atoms with van der Waals surface area (Å²) in [5, 5.41) is 9.16. The van der Waals surface area contributed by atoms with Gasteiger partial charge in [0.25, 0.3) is 0 Å². The van der Waals surface area contributed by atoms with Crippen LogP contribution in [0.2, 0.25) is 0 Å². The van der Waals surface area contributed by atoms with Crippen molar-refractivity contribution in [3.05, 3.63) is 41.7 Å². The number of aryl methyl sites for hydroxylation is 1. The van der Waals surface area contributed by atoms with Crippen molar-refractivity contribution in [1.29, 1.82) is 0 Å². The lowest BCUT2D eigenvalue weighted by Crippen LogP contribution is -2.39. The van der Waals surface area contributed by atoms with E-state index in [4.69, 9.17) is 9.15 Å². The van der Waals surface area contributed by atoms with Gasteiger partial charge in [0.15, 0.2) is 5.82 Å². The highest BCUT2D eigenvalue weighted by atomic mass is 16.5. The molecule has 2 aromatic heterocycles. The minimum atomic E-state index is 0.0698. The number of methoxy groups -OCH3 is 1. The molecule has 0 saturated carbocycles. The molecule has 0 unspecified atom stereocenters. The van der Waals surface area contributed by atoms with E-state index >= 15 is 0 Å². The molecule has 124 valence electrons. The number of ether oxygens (including phenoxy) is 1. The van der Waals surface area contributed by atoms with Crippen molar-refractivity contribution < 1.29 is 13.9 Å². The summed E-state index contributed by atoms with van der Waals surface area (Å²) < 4.78 is 12.8. The Morgan fingerprint density at radius 2 is 2.21 bits per heavy atom. The molecule has 4 rings (SSSR count). The Balaban J connectivity index is 1.52. The molecule has 1 aliphatic rings. The van der Waals surface area contributed by atoms with Crippen LogP contribution in [0.1, 0.15) is 17.2 Å². The van der Waals surface area contributed by atoms with Gasteiger partial charge < -0.3 is 18.6 Å². The lowest BCUT2D eigenvalue weighted by atomic mass is 10.1. The molecule has 3 aromatic rings. The van der Waals surface area contributed by atoms with Crippen LogP contribution in [0.5, 0.6) is 5.75 Å². The van der Waals surface area contributed by atoms with Gasteiger partial charge in [-0.05, 0) is 19.1 Å². The minimum Gasteiger partial charge on any atom is -0.497 e. The van der Waals surface area contributed by atoms with E-state index in [0.717, 1.165) is 40.5 Å². The van der Waals surface area contributed by atoms with Gasteiger partial charge in [-0.25, -0.2) is 0 Å². The number of rotatable bonds is 3. The van der Waals surface area contributed by atoms with Crippen LogP contribution >= 0.6 is 0 Å². The third-order valence-corrected chi connectivity index (χ3v) is 4.50. The van der Waals surface area contributed by atoms with Gasteiger partial charge in [-0.2, -0.15) is 0 Å². The van der Waals surface area contributed by atoms with Crippen LogP contribution < -0.4 is 4.74 Å². The second-order valence-electron chi connectivity index (χ2n) is 5.93. The van der Waals surface area contributed by atoms with Crippen molar-refractivity contribution in [2.75, 3.05) is 13.7 Å². The summed E-state index contributed by atoms with van der Waals surface area (Å²) in [6.07, 6.45) is 1.96. The van der Waals surface area contributed by atoms with E-state index < -0.39 is 0 Å². The number of hydrogen-bond donors (Lipinski definition) is 0. The van der Waals surface area contributed by atoms with Gasteiger partial charge in [0.2, 0.25) is 5.91 Å². The van der Waals surface area contributed by atoms with Gasteiger partial charge in [0.05, 0.1) is 26.3 Å². The van der Waals surface area contributed by atoms with Crippen molar-refractivity contribution in [3.8, 4) is 5.75 Å². The average molecular weight is 326 g/mol. The summed E-state index contributed by atoms with van der Waals surface area (Å²) in [7, 11) is 1.62. The number of hydrogen-bond acceptors (Lipinski definition) is 5. The normalized spacial score (nSPS) is 14.0. The van der Waals surface area contributed by atoms with Crippen LogP contribution in [0.3, 0.4) is 0 Å². The fraction of sp³-hybridized carbons (Fsp3) is 0.353. The molecule has 0 fully saturated rings. The van der Waals surface area contributed by atoms with E-state index in [1.807, 2.05) is 30.0 Å². The summed E-state index contributed by atoms with van der Waals surface area (Å²) >= 11 is 0. The van der Waals surface area contributed by atoms with Gasteiger partial charge in [-0.1, -0.05) is 0 Å². The van der Waals surface area contributed by atoms with Crippen molar-refractivity contribution >= 4 is 16.9 Å². The summed E-state index contributed by atoms with van der Waals surface area (Å²) in [6.45, 7) is 3.85. The standard InChI is InChI=1S/C17H18N4O3/c1-11-18-19-16-9-20(5-6-21(11)16)17(22)7-12-10-24-15-8-13(23-2)3-4-14(12)15/h3-4,8,10H,5-7,9H2,1-2H3. The summed E-state index contributed by atoms with van der Waals surface area (Å²) in [5.41, 5.74) is 1.62. The molecule has 0 spiro atoms. The van der Waals surface area contributed by atoms with E-state index in [-0.39, 0.29) is 5.91 Å². The lowest BCUT2D eigenvalue weighted by Gasteiger charge is -2.27. The molecule has 24 heavy (non-hydrogen) atoms. The molecule has 1 amide bonds. The molecule has 1 aliphatic heterocycles. The number of aromatic nitrogens is 3. The van der Waals surface area contributed by atoms with Gasteiger partial charge in [-0.3, -0.25) is 4.79 Å². The van der Waals surface area contributed by atoms with Crippen LogP contribution in [0, 0.1) is 6.92 Å². The molecular formula is C17H18N4O3. The molecular weight excluding hydrogens is 308 g/mol. The molecule has 1 aromatic carbocycles. The predicted molar refractivity (Wildman–Crippen MR) is 86.6 cm³/mol. The second-order valence-corrected chi connectivity index (χ2v) is 5.93. The van der Waals surface area contributed by atoms with Gasteiger partial charge >= 0.3 is 0 Å². The number of furan rings is 1. The Labute approximate surface area is 138 Å². The zero-order chi connectivity index (χ0) is 16.7. The first-order valence-electron chi connectivity index (χ1n) is 7.86. The molecule has 0 radical (unpaired) electrons. The summed E-state index contributed by atoms with van der Waals surface area (Å²) in [6, 6.07) is 5.63. The fourth-order valence-corrected chi connectivity index (χ4v) is 3.12. The van der Waals surface area contributed by atoms with Crippen molar-refractivity contribution in [2.45, 2.75) is 26.4 Å². The van der Waals surface area contributed by atoms with Crippen LogP contribution in [0.4, 0.5) is 0 Å². The van der Waals surface area contributed by atoms with Crippen molar-refractivity contribution in [1.82, 2.24) is 19.7 Å². The molecule has 0 saturated heterocycles. The molecule has 0 bridgehead atoms. The molecule has 0 aliphatic carbocycles. The van der Waals surface area contributed by atoms with E-state index in [2.05, 4.69) is 14.8 Å². The first kappa shape index (κ1) is 14.7. The number of amides is 1. The lowest BCUT2D eigenvalue weighted by molar-refractivity contribution is -0.132. The topological polar surface area (TPSA) is 73.4 Å². The molecule has 0 atom stereocenters. The number of carbonyl (C=O) groups is 1. The van der Waals surface area contributed by atoms with Crippen LogP contribution in [0.15, 0.2) is 28.9 Å². The van der Waals surface area contributed by atoms with Crippen LogP contribution in [-0.4, -0.2) is 39.2 Å². The first-order valence-corrected chi connectivity index (χ1v) is 7.86. The number of carbonyl (C=O) groups excluding carboxylic acids is 1. The maximum absolute atomic E-state index is 12.7. The van der Waals surface area contributed by atoms with Gasteiger partial charge in [0, 0.05) is 30.1 Å². The Kier molecular flexibility index (Phi) is 3.48. The zero-order valence-corrected chi connectivity index (χ0v) is 13.7. The van der Waals surface area contributed by atoms with E-state index in [9.17, 15) is 4.79 Å². The SMILES string of the molecule is COc1ccc2c(CC(=O)N3CCn4c(C)nnc4C3)coc2c1. The number of fused-ring (bicyclic) bond motifs is 2. The summed E-state index contributed by atoms with van der Waals surface area (Å²) in [5.74, 6) is 2.54. The largest absolute Gasteiger partial charge is 0.497 e. The highest BCUT2D eigenvalue weighted by Gasteiger charge is 2.24. The highest BCUT2D eigenvalue weighted by Crippen LogP contribution is 2.26. The molecule has 7 heteroatoms. The Morgan fingerprint density at radius 3 is 3.04 bits per heavy atom. The van der Waals surface area contributed by atoms with Crippen LogP contribution in [-0.2, 0) is 24.3 Å². The smallest absolute Gasteiger partial charge is 0.227 e. The minimum absolute atomic E-state index is 0.0698. The Bertz CT molecular complexity index is 912. The van der Waals surface area contributed by atoms with E-state index in [1.54, 1.807) is 13.4 Å². The molecule has 7 nitrogen and oxygen atoms in total.